The quantitative estimate of drug-likeness (QED) is 0.117. The lowest BCUT2D eigenvalue weighted by atomic mass is 9.74. The Morgan fingerprint density at radius 3 is 2.02 bits per heavy atom. The molecule has 0 saturated carbocycles. The van der Waals surface area contributed by atoms with Crippen LogP contribution in [-0.4, -0.2) is 57.7 Å². The van der Waals surface area contributed by atoms with Crippen LogP contribution in [0.5, 0.6) is 5.75 Å². The maximum Gasteiger partial charge on any atom is 0.456 e. The van der Waals surface area contributed by atoms with Crippen molar-refractivity contribution in [1.82, 2.24) is 0 Å². The number of sulfone groups is 1. The Morgan fingerprint density at radius 1 is 0.896 bits per heavy atom. The summed E-state index contributed by atoms with van der Waals surface area (Å²) < 4.78 is 40.8. The maximum atomic E-state index is 13.7. The van der Waals surface area contributed by atoms with Gasteiger partial charge in [0.2, 0.25) is 0 Å². The molecule has 0 aliphatic carbocycles. The van der Waals surface area contributed by atoms with E-state index >= 15 is 0 Å². The van der Waals surface area contributed by atoms with E-state index in [1.54, 1.807) is 12.1 Å². The molecular formula is C39H43BO6SSi. The first-order valence-electron chi connectivity index (χ1n) is 16.5. The average molecular weight is 679 g/mol. The van der Waals surface area contributed by atoms with Crippen LogP contribution >= 0.6 is 0 Å². The molecule has 2 N–H and O–H groups in total. The minimum atomic E-state index is -3.55. The molecule has 2 atom stereocenters. The standard InChI is InChI=1S/C39H43BO6SSi/c1-39(2,3)48(34-15-9-5-10-16-34,35-17-11-6-12-18-35)45-27-32-28-47(43,44)37-26-40(42)46-36(38(32)37)24-21-31(30-13-7-4-8-14-30)25-29-19-22-33(41)23-20-29/h4-20,22-23,25,36-37,41-42H,21,24,26-28H2,1-3H3/b31-25-/t36-,37+/m1/s1. The number of phenolic OH excluding ortho intramolecular Hbond substituents is 1. The second-order valence-corrected chi connectivity index (χ2v) is 20.3. The molecule has 48 heavy (non-hydrogen) atoms. The van der Waals surface area contributed by atoms with Crippen LogP contribution in [0.2, 0.25) is 11.4 Å². The van der Waals surface area contributed by atoms with Crippen molar-refractivity contribution in [1.29, 1.82) is 0 Å². The molecule has 6 nitrogen and oxygen atoms in total. The van der Waals surface area contributed by atoms with Gasteiger partial charge in [0.15, 0.2) is 9.84 Å². The van der Waals surface area contributed by atoms with Gasteiger partial charge in [-0.2, -0.15) is 0 Å². The molecule has 1 fully saturated rings. The zero-order valence-electron chi connectivity index (χ0n) is 27.8. The van der Waals surface area contributed by atoms with Crippen molar-refractivity contribution in [3.8, 4) is 5.75 Å². The number of rotatable bonds is 10. The number of hydrogen-bond acceptors (Lipinski definition) is 6. The molecule has 0 spiro atoms. The molecule has 0 amide bonds. The van der Waals surface area contributed by atoms with Gasteiger partial charge in [-0.05, 0) is 68.2 Å². The molecule has 0 aromatic heterocycles. The highest BCUT2D eigenvalue weighted by atomic mass is 32.2. The van der Waals surface area contributed by atoms with E-state index in [-0.39, 0.29) is 29.5 Å². The van der Waals surface area contributed by atoms with E-state index in [9.17, 15) is 18.5 Å². The van der Waals surface area contributed by atoms with Gasteiger partial charge in [-0.15, -0.1) is 0 Å². The van der Waals surface area contributed by atoms with E-state index < -0.39 is 36.6 Å². The second-order valence-electron chi connectivity index (χ2n) is 13.8. The minimum Gasteiger partial charge on any atom is -0.508 e. The largest absolute Gasteiger partial charge is 0.508 e. The van der Waals surface area contributed by atoms with E-state index in [4.69, 9.17) is 9.08 Å². The normalized spacial score (nSPS) is 19.8. The molecule has 4 aromatic rings. The first-order valence-corrected chi connectivity index (χ1v) is 20.2. The van der Waals surface area contributed by atoms with Crippen LogP contribution in [0, 0.1) is 0 Å². The second kappa shape index (κ2) is 14.0. The predicted molar refractivity (Wildman–Crippen MR) is 197 cm³/mol. The summed E-state index contributed by atoms with van der Waals surface area (Å²) in [7, 11) is -7.65. The smallest absolute Gasteiger partial charge is 0.456 e. The van der Waals surface area contributed by atoms with Crippen LogP contribution in [-0.2, 0) is 18.9 Å². The van der Waals surface area contributed by atoms with Gasteiger partial charge in [0, 0.05) is 6.32 Å². The van der Waals surface area contributed by atoms with E-state index in [2.05, 4.69) is 51.1 Å². The maximum absolute atomic E-state index is 13.7. The molecular weight excluding hydrogens is 635 g/mol. The summed E-state index contributed by atoms with van der Waals surface area (Å²) in [4.78, 5) is 0. The van der Waals surface area contributed by atoms with E-state index in [0.29, 0.717) is 12.8 Å². The van der Waals surface area contributed by atoms with E-state index in [1.807, 2.05) is 78.9 Å². The summed E-state index contributed by atoms with van der Waals surface area (Å²) in [6.45, 7) is 6.79. The molecule has 2 heterocycles. The Hall–Kier alpha value is -3.73. The lowest BCUT2D eigenvalue weighted by Crippen LogP contribution is -2.66. The lowest BCUT2D eigenvalue weighted by molar-refractivity contribution is 0.170. The van der Waals surface area contributed by atoms with Crippen molar-refractivity contribution in [2.75, 3.05) is 12.4 Å². The van der Waals surface area contributed by atoms with Crippen LogP contribution < -0.4 is 10.4 Å². The molecule has 248 valence electrons. The zero-order chi connectivity index (χ0) is 33.9. The van der Waals surface area contributed by atoms with Gasteiger partial charge in [-0.25, -0.2) is 8.42 Å². The van der Waals surface area contributed by atoms with Crippen LogP contribution in [0.1, 0.15) is 44.7 Å². The third-order valence-corrected chi connectivity index (χ3v) is 16.6. The molecule has 0 unspecified atom stereocenters. The molecule has 0 radical (unpaired) electrons. The summed E-state index contributed by atoms with van der Waals surface area (Å²) in [6.07, 6.45) is 2.59. The predicted octanol–water partition coefficient (Wildman–Crippen LogP) is 6.26. The van der Waals surface area contributed by atoms with Crippen LogP contribution in [0.15, 0.2) is 126 Å². The van der Waals surface area contributed by atoms with Crippen molar-refractivity contribution < 1.29 is 27.6 Å². The van der Waals surface area contributed by atoms with Gasteiger partial charge < -0.3 is 19.2 Å². The molecule has 2 aliphatic heterocycles. The van der Waals surface area contributed by atoms with Gasteiger partial charge in [-0.1, -0.05) is 130 Å². The molecule has 4 aromatic carbocycles. The van der Waals surface area contributed by atoms with Crippen LogP contribution in [0.4, 0.5) is 0 Å². The van der Waals surface area contributed by atoms with Gasteiger partial charge in [-0.3, -0.25) is 0 Å². The van der Waals surface area contributed by atoms with Crippen molar-refractivity contribution in [2.24, 2.45) is 0 Å². The van der Waals surface area contributed by atoms with Crippen molar-refractivity contribution in [3.63, 3.8) is 0 Å². The number of aromatic hydroxyl groups is 1. The minimum absolute atomic E-state index is 0.0196. The molecule has 1 saturated heterocycles. The fraction of sp³-hybridized carbons (Fsp3) is 0.282. The molecule has 6 rings (SSSR count). The van der Waals surface area contributed by atoms with Crippen molar-refractivity contribution in [3.05, 3.63) is 138 Å². The highest BCUT2D eigenvalue weighted by Gasteiger charge is 2.52. The molecule has 0 bridgehead atoms. The number of benzene rings is 4. The van der Waals surface area contributed by atoms with Crippen LogP contribution in [0.25, 0.3) is 11.6 Å². The summed E-state index contributed by atoms with van der Waals surface area (Å²) in [5.41, 5.74) is 4.52. The average Bonchev–Trinajstić information content (AvgIpc) is 3.34. The van der Waals surface area contributed by atoms with Crippen LogP contribution in [0.3, 0.4) is 0 Å². The Labute approximate surface area is 286 Å². The highest BCUT2D eigenvalue weighted by Crippen LogP contribution is 2.42. The first-order chi connectivity index (χ1) is 23.0. The number of allylic oxidation sites excluding steroid dienone is 1. The first kappa shape index (κ1) is 34.1. The van der Waals surface area contributed by atoms with Gasteiger partial charge >= 0.3 is 7.12 Å². The topological polar surface area (TPSA) is 93.1 Å². The third kappa shape index (κ3) is 7.02. The Balaban J connectivity index is 1.37. The SMILES string of the molecule is CC(C)(C)[Si](OCC1=C2[C@@H](CC/C(=C/c3ccc(O)cc3)c3ccccc3)OB(O)C[C@@H]2S(=O)(=O)C1)(c1ccccc1)c1ccccc1. The zero-order valence-corrected chi connectivity index (χ0v) is 29.6. The molecule has 2 aliphatic rings. The third-order valence-electron chi connectivity index (χ3n) is 9.58. The Bertz CT molecular complexity index is 1830. The summed E-state index contributed by atoms with van der Waals surface area (Å²) in [5, 5.41) is 21.8. The molecule has 9 heteroatoms. The van der Waals surface area contributed by atoms with Crippen molar-refractivity contribution >= 4 is 47.3 Å². The highest BCUT2D eigenvalue weighted by molar-refractivity contribution is 7.92. The summed E-state index contributed by atoms with van der Waals surface area (Å²) >= 11 is 0. The van der Waals surface area contributed by atoms with Crippen molar-refractivity contribution in [2.45, 2.75) is 56.3 Å². The van der Waals surface area contributed by atoms with Gasteiger partial charge in [0.05, 0.1) is 23.7 Å². The van der Waals surface area contributed by atoms with E-state index in [1.165, 1.54) is 0 Å². The monoisotopic (exact) mass is 678 g/mol. The lowest BCUT2D eigenvalue weighted by Gasteiger charge is -2.43. The summed E-state index contributed by atoms with van der Waals surface area (Å²) in [6, 6.07) is 37.8. The van der Waals surface area contributed by atoms with E-state index in [0.717, 1.165) is 38.2 Å². The Morgan fingerprint density at radius 2 is 1.46 bits per heavy atom. The van der Waals surface area contributed by atoms with Gasteiger partial charge in [0.1, 0.15) is 5.75 Å². The summed E-state index contributed by atoms with van der Waals surface area (Å²) in [5.74, 6) is 0.0957. The van der Waals surface area contributed by atoms with Gasteiger partial charge in [0.25, 0.3) is 8.32 Å². The fourth-order valence-electron chi connectivity index (χ4n) is 7.37. The Kier molecular flexibility index (Phi) is 9.97. The number of fused-ring (bicyclic) bond motifs is 1. The number of hydrogen-bond donors (Lipinski definition) is 2. The number of phenols is 1. The fourth-order valence-corrected chi connectivity index (χ4v) is 14.0.